The summed E-state index contributed by atoms with van der Waals surface area (Å²) in [6, 6.07) is 43.0. The van der Waals surface area contributed by atoms with Crippen LogP contribution in [0.5, 0.6) is 0 Å². The van der Waals surface area contributed by atoms with E-state index < -0.39 is 0 Å². The van der Waals surface area contributed by atoms with Crippen LogP contribution in [0.1, 0.15) is 0 Å². The number of benzene rings is 5. The van der Waals surface area contributed by atoms with E-state index in [1.54, 1.807) is 19.6 Å². The molecule has 5 rings (SSSR count). The van der Waals surface area contributed by atoms with Gasteiger partial charge in [0.25, 0.3) is 0 Å². The molecule has 0 amide bonds. The standard InChI is InChI=1S/C42H50N12/c1-47(31-18-11-9-12-19-31)39(43)49(3)33-22-15-24-35(28-33)51(5)41(45)53(7)37-26-17-27-38(30-37)54(8)42(46)52(6)36-25-16-23-34(29-36)50(4)40(44)48(2)32-20-13-10-14-21-32/h9-30,43-46H,1-8H3. The maximum Gasteiger partial charge on any atom is 0.202 e. The molecule has 0 aliphatic carbocycles. The van der Waals surface area contributed by atoms with Gasteiger partial charge >= 0.3 is 0 Å². The smallest absolute Gasteiger partial charge is 0.202 e. The lowest BCUT2D eigenvalue weighted by molar-refractivity contribution is 1.09. The zero-order valence-electron chi connectivity index (χ0n) is 32.3. The van der Waals surface area contributed by atoms with E-state index in [-0.39, 0.29) is 11.9 Å². The molecule has 0 saturated carbocycles. The Morgan fingerprint density at radius 3 is 0.630 bits per heavy atom. The van der Waals surface area contributed by atoms with Crippen molar-refractivity contribution >= 4 is 69.3 Å². The van der Waals surface area contributed by atoms with E-state index >= 15 is 0 Å². The summed E-state index contributed by atoms with van der Waals surface area (Å²) in [5.41, 5.74) is 6.67. The lowest BCUT2D eigenvalue weighted by atomic mass is 10.2. The number of hydrogen-bond donors (Lipinski definition) is 4. The van der Waals surface area contributed by atoms with Gasteiger partial charge in [-0.2, -0.15) is 0 Å². The van der Waals surface area contributed by atoms with E-state index in [9.17, 15) is 0 Å². The van der Waals surface area contributed by atoms with Crippen molar-refractivity contribution in [2.24, 2.45) is 0 Å². The van der Waals surface area contributed by atoms with Gasteiger partial charge in [-0.25, -0.2) is 0 Å². The second-order valence-electron chi connectivity index (χ2n) is 13.0. The SMILES string of the molecule is CN(C(=N)N(C)c1cccc(N(C)C(=N)N(C)c2cccc(N(C)C(=N)N(C)c3cccc(N(C)C(=N)N(C)c4ccccc4)c3)c2)c1)c1ccccc1. The van der Waals surface area contributed by atoms with Gasteiger partial charge in [0.1, 0.15) is 0 Å². The quantitative estimate of drug-likeness (QED) is 0.0950. The minimum absolute atomic E-state index is 0.252. The first kappa shape index (κ1) is 38.4. The Labute approximate surface area is 319 Å². The van der Waals surface area contributed by atoms with Crippen LogP contribution in [0.25, 0.3) is 0 Å². The molecule has 0 unspecified atom stereocenters. The molecule has 0 fully saturated rings. The zero-order chi connectivity index (χ0) is 39.1. The van der Waals surface area contributed by atoms with Crippen LogP contribution in [-0.4, -0.2) is 80.2 Å². The van der Waals surface area contributed by atoms with Crippen molar-refractivity contribution < 1.29 is 0 Å². The fourth-order valence-corrected chi connectivity index (χ4v) is 5.91. The fourth-order valence-electron chi connectivity index (χ4n) is 5.91. The van der Waals surface area contributed by atoms with Crippen LogP contribution in [0, 0.1) is 21.6 Å². The Bertz CT molecular complexity index is 1960. The van der Waals surface area contributed by atoms with Gasteiger partial charge in [0, 0.05) is 102 Å². The predicted molar refractivity (Wildman–Crippen MR) is 230 cm³/mol. The van der Waals surface area contributed by atoms with Gasteiger partial charge in [-0.05, 0) is 78.9 Å². The molecule has 0 atom stereocenters. The van der Waals surface area contributed by atoms with Gasteiger partial charge in [0.2, 0.25) is 23.8 Å². The van der Waals surface area contributed by atoms with E-state index in [4.69, 9.17) is 21.6 Å². The van der Waals surface area contributed by atoms with Gasteiger partial charge < -0.3 is 39.2 Å². The van der Waals surface area contributed by atoms with Crippen molar-refractivity contribution in [1.82, 2.24) is 0 Å². The highest BCUT2D eigenvalue weighted by molar-refractivity contribution is 6.09. The summed E-state index contributed by atoms with van der Waals surface area (Å²) in [5, 5.41) is 35.9. The first-order valence-electron chi connectivity index (χ1n) is 17.4. The minimum atomic E-state index is 0.252. The largest absolute Gasteiger partial charge is 0.316 e. The number of hydrogen-bond acceptors (Lipinski definition) is 4. The molecule has 278 valence electrons. The average Bonchev–Trinajstić information content (AvgIpc) is 3.23. The Morgan fingerprint density at radius 2 is 0.426 bits per heavy atom. The Hall–Kier alpha value is -6.82. The molecule has 4 N–H and O–H groups in total. The molecule has 0 heterocycles. The Balaban J connectivity index is 1.26. The van der Waals surface area contributed by atoms with E-state index in [0.29, 0.717) is 11.9 Å². The number of nitrogens with one attached hydrogen (secondary N) is 4. The monoisotopic (exact) mass is 722 g/mol. The van der Waals surface area contributed by atoms with Crippen molar-refractivity contribution in [2.45, 2.75) is 0 Å². The highest BCUT2D eigenvalue weighted by atomic mass is 15.4. The molecular weight excluding hydrogens is 673 g/mol. The van der Waals surface area contributed by atoms with Gasteiger partial charge in [0.05, 0.1) is 0 Å². The first-order chi connectivity index (χ1) is 25.8. The molecule has 0 radical (unpaired) electrons. The maximum atomic E-state index is 9.12. The topological polar surface area (TPSA) is 121 Å². The normalized spacial score (nSPS) is 10.5. The first-order valence-corrected chi connectivity index (χ1v) is 17.4. The third-order valence-electron chi connectivity index (χ3n) is 9.64. The van der Waals surface area contributed by atoms with Crippen LogP contribution in [-0.2, 0) is 0 Å². The van der Waals surface area contributed by atoms with E-state index in [1.807, 2.05) is 209 Å². The summed E-state index contributed by atoms with van der Waals surface area (Å²) in [4.78, 5) is 14.5. The molecule has 0 aliphatic heterocycles. The summed E-state index contributed by atoms with van der Waals surface area (Å²) in [6.45, 7) is 0. The lowest BCUT2D eigenvalue weighted by Gasteiger charge is -2.32. The third kappa shape index (κ3) is 8.28. The second-order valence-corrected chi connectivity index (χ2v) is 13.0. The highest BCUT2D eigenvalue weighted by Gasteiger charge is 2.20. The van der Waals surface area contributed by atoms with Crippen molar-refractivity contribution in [1.29, 1.82) is 21.6 Å². The van der Waals surface area contributed by atoms with Gasteiger partial charge in [-0.1, -0.05) is 54.6 Å². The van der Waals surface area contributed by atoms with Crippen molar-refractivity contribution in [2.75, 3.05) is 95.6 Å². The van der Waals surface area contributed by atoms with Crippen LogP contribution in [0.3, 0.4) is 0 Å². The highest BCUT2D eigenvalue weighted by Crippen LogP contribution is 2.28. The van der Waals surface area contributed by atoms with E-state index in [0.717, 1.165) is 45.5 Å². The summed E-state index contributed by atoms with van der Waals surface area (Å²) < 4.78 is 0. The summed E-state index contributed by atoms with van der Waals surface area (Å²) in [6.07, 6.45) is 0. The minimum Gasteiger partial charge on any atom is -0.316 e. The predicted octanol–water partition coefficient (Wildman–Crippen LogP) is 7.72. The van der Waals surface area contributed by atoms with Crippen molar-refractivity contribution in [3.63, 3.8) is 0 Å². The molecule has 0 saturated heterocycles. The van der Waals surface area contributed by atoms with Gasteiger partial charge in [-0.3, -0.25) is 21.6 Å². The van der Waals surface area contributed by atoms with Crippen LogP contribution >= 0.6 is 0 Å². The molecule has 12 nitrogen and oxygen atoms in total. The van der Waals surface area contributed by atoms with Crippen LogP contribution in [0.4, 0.5) is 45.5 Å². The number of nitrogens with zero attached hydrogens (tertiary/aromatic N) is 8. The molecule has 5 aromatic carbocycles. The van der Waals surface area contributed by atoms with Crippen LogP contribution in [0.15, 0.2) is 133 Å². The molecule has 0 aromatic heterocycles. The van der Waals surface area contributed by atoms with Gasteiger partial charge in [0.15, 0.2) is 0 Å². The maximum absolute atomic E-state index is 9.12. The average molecular weight is 723 g/mol. The number of anilines is 8. The van der Waals surface area contributed by atoms with Gasteiger partial charge in [-0.15, -0.1) is 0 Å². The summed E-state index contributed by atoms with van der Waals surface area (Å²) in [5.74, 6) is 1.14. The van der Waals surface area contributed by atoms with Crippen LogP contribution < -0.4 is 39.2 Å². The van der Waals surface area contributed by atoms with Crippen molar-refractivity contribution in [3.05, 3.63) is 133 Å². The number of para-hydroxylation sites is 2. The van der Waals surface area contributed by atoms with E-state index in [2.05, 4.69) is 0 Å². The molecule has 54 heavy (non-hydrogen) atoms. The third-order valence-corrected chi connectivity index (χ3v) is 9.64. The zero-order valence-corrected chi connectivity index (χ0v) is 32.3. The lowest BCUT2D eigenvalue weighted by Crippen LogP contribution is -2.41. The van der Waals surface area contributed by atoms with Crippen molar-refractivity contribution in [3.8, 4) is 0 Å². The molecule has 5 aromatic rings. The Morgan fingerprint density at radius 1 is 0.259 bits per heavy atom. The molecule has 0 bridgehead atoms. The van der Waals surface area contributed by atoms with Crippen LogP contribution in [0.2, 0.25) is 0 Å². The summed E-state index contributed by atoms with van der Waals surface area (Å²) in [7, 11) is 14.9. The molecule has 12 heteroatoms. The molecule has 0 spiro atoms. The van der Waals surface area contributed by atoms with E-state index in [1.165, 1.54) is 0 Å². The Kier molecular flexibility index (Phi) is 11.9. The number of rotatable bonds is 8. The molecule has 0 aliphatic rings. The molecular formula is C42H50N12. The second kappa shape index (κ2) is 16.7. The summed E-state index contributed by atoms with van der Waals surface area (Å²) >= 11 is 0. The fraction of sp³-hybridized carbons (Fsp3) is 0.190. The number of guanidine groups is 4.